The van der Waals surface area contributed by atoms with Crippen molar-refractivity contribution in [1.82, 2.24) is 20.0 Å². The van der Waals surface area contributed by atoms with Gasteiger partial charge in [-0.2, -0.15) is 39.5 Å². The molecule has 1 unspecified atom stereocenters. The van der Waals surface area contributed by atoms with Gasteiger partial charge in [-0.1, -0.05) is 36.4 Å². The minimum absolute atomic E-state index is 0.0828. The Balaban J connectivity index is 0.000000199. The van der Waals surface area contributed by atoms with Crippen molar-refractivity contribution in [2.75, 3.05) is 88.3 Å². The number of carbonyl (C=O) groups is 1. The zero-order valence-corrected chi connectivity index (χ0v) is 38.0. The Morgan fingerprint density at radius 1 is 0.662 bits per heavy atom. The summed E-state index contributed by atoms with van der Waals surface area (Å²) >= 11 is 0. The lowest BCUT2D eigenvalue weighted by Gasteiger charge is -2.39. The van der Waals surface area contributed by atoms with Gasteiger partial charge in [0, 0.05) is 76.8 Å². The first-order valence-electron chi connectivity index (χ1n) is 23.4. The van der Waals surface area contributed by atoms with E-state index in [4.69, 9.17) is 5.11 Å². The van der Waals surface area contributed by atoms with Crippen molar-refractivity contribution in [3.05, 3.63) is 58.7 Å². The normalized spacial score (nSPS) is 21.7. The maximum absolute atomic E-state index is 12.7. The van der Waals surface area contributed by atoms with Gasteiger partial charge in [0.05, 0.1) is 0 Å². The summed E-state index contributed by atoms with van der Waals surface area (Å²) in [6.07, 6.45) is -12.9. The molecule has 18 heteroatoms. The van der Waals surface area contributed by atoms with Gasteiger partial charge in [0.1, 0.15) is 6.10 Å². The lowest BCUT2D eigenvalue weighted by Crippen LogP contribution is -2.50. The predicted molar refractivity (Wildman–Crippen MR) is 233 cm³/mol. The molecule has 4 saturated heterocycles. The van der Waals surface area contributed by atoms with Gasteiger partial charge in [-0.3, -0.25) is 9.80 Å². The number of fused-ring (bicyclic) bond motifs is 2. The number of ether oxygens (including phenoxy) is 1. The van der Waals surface area contributed by atoms with Crippen molar-refractivity contribution in [3.8, 4) is 0 Å². The Morgan fingerprint density at radius 3 is 1.48 bits per heavy atom. The number of likely N-dealkylation sites (tertiary alicyclic amines) is 3. The molecule has 2 N–H and O–H groups in total. The summed E-state index contributed by atoms with van der Waals surface area (Å²) in [5.74, 6) is 0. The molecular weight excluding hydrogens is 868 g/mol. The summed E-state index contributed by atoms with van der Waals surface area (Å²) in [7, 11) is 0. The van der Waals surface area contributed by atoms with E-state index in [1.165, 1.54) is 81.6 Å². The van der Waals surface area contributed by atoms with Crippen molar-refractivity contribution in [3.63, 3.8) is 0 Å². The van der Waals surface area contributed by atoms with Gasteiger partial charge in [0.25, 0.3) is 6.10 Å². The molecule has 8 rings (SSSR count). The van der Waals surface area contributed by atoms with Gasteiger partial charge in [-0.15, -0.1) is 0 Å². The van der Waals surface area contributed by atoms with Crippen molar-refractivity contribution in [2.45, 2.75) is 129 Å². The standard InChI is InChI=1S/C24H31F6N3O2.C20H31N3.C3H5F3O/c1-2-32-11-4-7-17-5-3-6-18(19(17)32)15-31-12-8-22(16-31)9-13-33(14-10-22)21(34)35-20(23(25,26)27)24(28,29)30;1-2-23-13-4-7-17-5-3-6-18(19(17)23)15-22-14-10-20(16-22)8-11-21-12-9-20;1-2(7)3(4,5)6/h3,5-6,20H,2,4,7-16H2,1H3;3,5-6,21H,2,4,7-16H2,1H3;2,7H,1H3. The average molecular weight is 935 g/mol. The highest BCUT2D eigenvalue weighted by Gasteiger charge is 2.60. The summed E-state index contributed by atoms with van der Waals surface area (Å²) in [5, 5.41) is 11.3. The van der Waals surface area contributed by atoms with Crippen LogP contribution in [-0.4, -0.2) is 135 Å². The minimum atomic E-state index is -5.71. The van der Waals surface area contributed by atoms with E-state index in [2.05, 4.69) is 79.9 Å². The molecule has 0 aromatic heterocycles. The van der Waals surface area contributed by atoms with Crippen molar-refractivity contribution in [2.24, 2.45) is 10.8 Å². The van der Waals surface area contributed by atoms with Crippen LogP contribution in [0.5, 0.6) is 0 Å². The third kappa shape index (κ3) is 12.9. The van der Waals surface area contributed by atoms with Crippen LogP contribution in [-0.2, 0) is 30.7 Å². The van der Waals surface area contributed by atoms with Gasteiger partial charge in [0.15, 0.2) is 0 Å². The number of hydrogen-bond donors (Lipinski definition) is 2. The number of benzene rings is 2. The van der Waals surface area contributed by atoms with Crippen molar-refractivity contribution in [1.29, 1.82) is 0 Å². The number of aryl methyl sites for hydroxylation is 2. The van der Waals surface area contributed by atoms with Gasteiger partial charge >= 0.3 is 24.6 Å². The molecule has 1 atom stereocenters. The monoisotopic (exact) mass is 935 g/mol. The van der Waals surface area contributed by atoms with Gasteiger partial charge in [0.2, 0.25) is 0 Å². The minimum Gasteiger partial charge on any atom is -0.426 e. The average Bonchev–Trinajstić information content (AvgIpc) is 3.84. The van der Waals surface area contributed by atoms with Gasteiger partial charge in [-0.05, 0) is 144 Å². The van der Waals surface area contributed by atoms with Crippen molar-refractivity contribution < 1.29 is 54.2 Å². The number of carbonyl (C=O) groups excluding carboxylic acids is 1. The van der Waals surface area contributed by atoms with Crippen LogP contribution >= 0.6 is 0 Å². The summed E-state index contributed by atoms with van der Waals surface area (Å²) in [6, 6.07) is 13.4. The van der Waals surface area contributed by atoms with Crippen LogP contribution < -0.4 is 15.1 Å². The number of hydrogen-bond acceptors (Lipinski definition) is 8. The molecule has 0 radical (unpaired) electrons. The quantitative estimate of drug-likeness (QED) is 0.267. The summed E-state index contributed by atoms with van der Waals surface area (Å²) in [5.41, 5.74) is 9.20. The Hall–Kier alpha value is -3.48. The molecule has 9 nitrogen and oxygen atoms in total. The third-order valence-electron chi connectivity index (χ3n) is 14.4. The first kappa shape index (κ1) is 50.9. The fourth-order valence-electron chi connectivity index (χ4n) is 10.8. The number of aliphatic hydroxyl groups is 1. The molecule has 6 aliphatic rings. The molecule has 366 valence electrons. The van der Waals surface area contributed by atoms with Gasteiger partial charge in [-0.25, -0.2) is 4.79 Å². The Morgan fingerprint density at radius 2 is 1.08 bits per heavy atom. The molecule has 0 saturated carbocycles. The fourth-order valence-corrected chi connectivity index (χ4v) is 10.8. The van der Waals surface area contributed by atoms with Crippen LogP contribution in [0.1, 0.15) is 94.4 Å². The molecule has 6 aliphatic heterocycles. The second-order valence-corrected chi connectivity index (χ2v) is 18.9. The Kier molecular flexibility index (Phi) is 16.6. The van der Waals surface area contributed by atoms with E-state index in [1.807, 2.05) is 0 Å². The molecular formula is C47H67F9N6O3. The van der Waals surface area contributed by atoms with Crippen molar-refractivity contribution >= 4 is 17.5 Å². The molecule has 1 amide bonds. The third-order valence-corrected chi connectivity index (χ3v) is 14.4. The topological polar surface area (TPSA) is 74.8 Å². The molecule has 6 heterocycles. The SMILES string of the molecule is CC(O)C(F)(F)F.CCN1CCCc2cccc(CN3CCC4(CCN(C(=O)OC(C(F)(F)F)C(F)(F)F)CC4)C3)c21.CCN1CCCc2cccc(CN3CCC4(CCNCC4)C3)c21. The maximum atomic E-state index is 12.7. The van der Waals surface area contributed by atoms with E-state index in [0.29, 0.717) is 25.2 Å². The number of piperidine rings is 2. The number of halogens is 9. The number of anilines is 2. The predicted octanol–water partition coefficient (Wildman–Crippen LogP) is 9.34. The fraction of sp³-hybridized carbons (Fsp3) is 0.723. The zero-order valence-electron chi connectivity index (χ0n) is 38.0. The lowest BCUT2D eigenvalue weighted by atomic mass is 9.78. The van der Waals surface area contributed by atoms with Crippen LogP contribution in [0, 0.1) is 10.8 Å². The van der Waals surface area contributed by atoms with Crippen LogP contribution in [0.25, 0.3) is 0 Å². The molecule has 2 spiro atoms. The van der Waals surface area contributed by atoms with Crippen LogP contribution in [0.3, 0.4) is 0 Å². The Bertz CT molecular complexity index is 1850. The number of aliphatic hydroxyl groups excluding tert-OH is 1. The van der Waals surface area contributed by atoms with Gasteiger partial charge < -0.3 is 29.9 Å². The summed E-state index contributed by atoms with van der Waals surface area (Å²) in [6.45, 7) is 18.3. The number of nitrogens with zero attached hydrogens (tertiary/aromatic N) is 5. The van der Waals surface area contributed by atoms with E-state index in [-0.39, 0.29) is 18.5 Å². The molecule has 4 fully saturated rings. The smallest absolute Gasteiger partial charge is 0.426 e. The Labute approximate surface area is 377 Å². The number of rotatable bonds is 7. The second-order valence-electron chi connectivity index (χ2n) is 18.9. The van der Waals surface area contributed by atoms with Crippen LogP contribution in [0.15, 0.2) is 36.4 Å². The zero-order chi connectivity index (χ0) is 47.2. The molecule has 2 aromatic rings. The highest BCUT2D eigenvalue weighted by molar-refractivity contribution is 5.68. The number of amides is 1. The number of alkyl halides is 9. The molecule has 65 heavy (non-hydrogen) atoms. The number of para-hydroxylation sites is 2. The maximum Gasteiger partial charge on any atom is 0.434 e. The van der Waals surface area contributed by atoms with Crippen LogP contribution in [0.2, 0.25) is 0 Å². The molecule has 0 aliphatic carbocycles. The summed E-state index contributed by atoms with van der Waals surface area (Å²) in [4.78, 5) is 23.2. The van der Waals surface area contributed by atoms with E-state index < -0.39 is 36.8 Å². The van der Waals surface area contributed by atoms with E-state index >= 15 is 0 Å². The molecule has 0 bridgehead atoms. The van der Waals surface area contributed by atoms with E-state index in [9.17, 15) is 44.3 Å². The highest BCUT2D eigenvalue weighted by atomic mass is 19.4. The van der Waals surface area contributed by atoms with E-state index in [0.717, 1.165) is 70.0 Å². The first-order valence-corrected chi connectivity index (χ1v) is 23.4. The lowest BCUT2D eigenvalue weighted by molar-refractivity contribution is -0.308. The highest BCUT2D eigenvalue weighted by Crippen LogP contribution is 2.44. The first-order chi connectivity index (χ1) is 30.7. The van der Waals surface area contributed by atoms with E-state index in [1.54, 1.807) is 16.8 Å². The molecule has 2 aromatic carbocycles. The summed E-state index contributed by atoms with van der Waals surface area (Å²) < 4.78 is 113. The second kappa shape index (κ2) is 21.2. The number of nitrogens with one attached hydrogen (secondary N) is 1. The van der Waals surface area contributed by atoms with Crippen LogP contribution in [0.4, 0.5) is 55.7 Å². The largest absolute Gasteiger partial charge is 0.434 e.